The molecular formula is C13H20FNO. The standard InChI is InChI=1S/C13H20FNO/c1-11(2)10-15(3)8-9-16-13-7-5-4-6-12(13)14/h4-7,11H,8-10H2,1-3H3. The summed E-state index contributed by atoms with van der Waals surface area (Å²) in [6, 6.07) is 6.49. The second kappa shape index (κ2) is 6.48. The molecule has 0 heterocycles. The Kier molecular flexibility index (Phi) is 5.26. The smallest absolute Gasteiger partial charge is 0.165 e. The fraction of sp³-hybridized carbons (Fsp3) is 0.538. The molecule has 2 nitrogen and oxygen atoms in total. The molecule has 0 atom stereocenters. The third-order valence-corrected chi connectivity index (χ3v) is 2.24. The molecule has 1 rings (SSSR count). The van der Waals surface area contributed by atoms with Gasteiger partial charge in [-0.05, 0) is 25.1 Å². The maximum atomic E-state index is 13.2. The zero-order valence-corrected chi connectivity index (χ0v) is 10.2. The molecule has 0 spiro atoms. The number of likely N-dealkylation sites (N-methyl/N-ethyl adjacent to an activating group) is 1. The predicted molar refractivity (Wildman–Crippen MR) is 64.2 cm³/mol. The van der Waals surface area contributed by atoms with Gasteiger partial charge in [0.05, 0.1) is 0 Å². The number of rotatable bonds is 6. The highest BCUT2D eigenvalue weighted by atomic mass is 19.1. The van der Waals surface area contributed by atoms with Gasteiger partial charge in [0.1, 0.15) is 6.61 Å². The second-order valence-electron chi connectivity index (χ2n) is 4.43. The Hall–Kier alpha value is -1.09. The first-order valence-electron chi connectivity index (χ1n) is 5.65. The average molecular weight is 225 g/mol. The van der Waals surface area contributed by atoms with Crippen molar-refractivity contribution >= 4 is 0 Å². The Labute approximate surface area is 97.0 Å². The van der Waals surface area contributed by atoms with E-state index in [4.69, 9.17) is 4.74 Å². The van der Waals surface area contributed by atoms with Crippen LogP contribution in [-0.2, 0) is 0 Å². The lowest BCUT2D eigenvalue weighted by atomic mass is 10.2. The number of halogens is 1. The van der Waals surface area contributed by atoms with Crippen LogP contribution in [0.1, 0.15) is 13.8 Å². The van der Waals surface area contributed by atoms with Crippen molar-refractivity contribution in [2.75, 3.05) is 26.7 Å². The molecule has 0 saturated carbocycles. The van der Waals surface area contributed by atoms with Gasteiger partial charge in [-0.25, -0.2) is 4.39 Å². The van der Waals surface area contributed by atoms with E-state index in [1.807, 2.05) is 7.05 Å². The van der Waals surface area contributed by atoms with E-state index < -0.39 is 0 Å². The van der Waals surface area contributed by atoms with E-state index in [2.05, 4.69) is 18.7 Å². The van der Waals surface area contributed by atoms with E-state index in [0.717, 1.165) is 13.1 Å². The molecular weight excluding hydrogens is 205 g/mol. The molecule has 0 aliphatic heterocycles. The van der Waals surface area contributed by atoms with Gasteiger partial charge in [-0.1, -0.05) is 26.0 Å². The summed E-state index contributed by atoms with van der Waals surface area (Å²) in [7, 11) is 2.05. The summed E-state index contributed by atoms with van der Waals surface area (Å²) in [5.74, 6) is 0.674. The van der Waals surface area contributed by atoms with Crippen LogP contribution in [0, 0.1) is 11.7 Å². The number of nitrogens with zero attached hydrogens (tertiary/aromatic N) is 1. The first-order valence-corrected chi connectivity index (χ1v) is 5.65. The van der Waals surface area contributed by atoms with E-state index in [9.17, 15) is 4.39 Å². The summed E-state index contributed by atoms with van der Waals surface area (Å²) in [6.45, 7) is 6.71. The molecule has 1 aromatic rings. The van der Waals surface area contributed by atoms with Crippen molar-refractivity contribution in [1.82, 2.24) is 4.90 Å². The molecule has 90 valence electrons. The van der Waals surface area contributed by atoms with E-state index >= 15 is 0 Å². The molecule has 0 fully saturated rings. The first kappa shape index (κ1) is 13.0. The van der Waals surface area contributed by atoms with Crippen LogP contribution in [-0.4, -0.2) is 31.6 Å². The lowest BCUT2D eigenvalue weighted by molar-refractivity contribution is 0.217. The highest BCUT2D eigenvalue weighted by Crippen LogP contribution is 2.14. The van der Waals surface area contributed by atoms with Gasteiger partial charge in [0.15, 0.2) is 11.6 Å². The Morgan fingerprint density at radius 2 is 2.00 bits per heavy atom. The van der Waals surface area contributed by atoms with Gasteiger partial charge in [0, 0.05) is 13.1 Å². The van der Waals surface area contributed by atoms with Crippen molar-refractivity contribution in [2.24, 2.45) is 5.92 Å². The van der Waals surface area contributed by atoms with Crippen molar-refractivity contribution in [3.8, 4) is 5.75 Å². The predicted octanol–water partition coefficient (Wildman–Crippen LogP) is 2.79. The average Bonchev–Trinajstić information content (AvgIpc) is 2.19. The molecule has 0 aliphatic rings. The maximum absolute atomic E-state index is 13.2. The maximum Gasteiger partial charge on any atom is 0.165 e. The summed E-state index contributed by atoms with van der Waals surface area (Å²) in [6.07, 6.45) is 0. The minimum absolute atomic E-state index is 0.297. The number of benzene rings is 1. The largest absolute Gasteiger partial charge is 0.489 e. The molecule has 0 aliphatic carbocycles. The van der Waals surface area contributed by atoms with Gasteiger partial charge in [-0.2, -0.15) is 0 Å². The van der Waals surface area contributed by atoms with Gasteiger partial charge in [0.2, 0.25) is 0 Å². The van der Waals surface area contributed by atoms with Crippen LogP contribution >= 0.6 is 0 Å². The molecule has 0 radical (unpaired) electrons. The normalized spacial score (nSPS) is 11.1. The fourth-order valence-corrected chi connectivity index (χ4v) is 1.59. The molecule has 0 amide bonds. The zero-order valence-electron chi connectivity index (χ0n) is 10.2. The second-order valence-corrected chi connectivity index (χ2v) is 4.43. The van der Waals surface area contributed by atoms with Crippen molar-refractivity contribution < 1.29 is 9.13 Å². The van der Waals surface area contributed by atoms with Crippen LogP contribution in [0.2, 0.25) is 0 Å². The SMILES string of the molecule is CC(C)CN(C)CCOc1ccccc1F. The summed E-state index contributed by atoms with van der Waals surface area (Å²) < 4.78 is 18.6. The van der Waals surface area contributed by atoms with Crippen LogP contribution in [0.15, 0.2) is 24.3 Å². The van der Waals surface area contributed by atoms with Crippen LogP contribution in [0.5, 0.6) is 5.75 Å². The lowest BCUT2D eigenvalue weighted by Gasteiger charge is -2.18. The van der Waals surface area contributed by atoms with Crippen molar-refractivity contribution in [3.05, 3.63) is 30.1 Å². The molecule has 3 heteroatoms. The van der Waals surface area contributed by atoms with Crippen molar-refractivity contribution in [1.29, 1.82) is 0 Å². The quantitative estimate of drug-likeness (QED) is 0.738. The van der Waals surface area contributed by atoms with Gasteiger partial charge in [0.25, 0.3) is 0 Å². The van der Waals surface area contributed by atoms with Crippen LogP contribution in [0.4, 0.5) is 4.39 Å². The number of hydrogen-bond acceptors (Lipinski definition) is 2. The zero-order chi connectivity index (χ0) is 12.0. The summed E-state index contributed by atoms with van der Waals surface area (Å²) in [5.41, 5.74) is 0. The van der Waals surface area contributed by atoms with Gasteiger partial charge in [-0.15, -0.1) is 0 Å². The van der Waals surface area contributed by atoms with Crippen LogP contribution < -0.4 is 4.74 Å². The first-order chi connectivity index (χ1) is 7.59. The third kappa shape index (κ3) is 4.62. The van der Waals surface area contributed by atoms with Crippen molar-refractivity contribution in [2.45, 2.75) is 13.8 Å². The molecule has 0 aromatic heterocycles. The topological polar surface area (TPSA) is 12.5 Å². The van der Waals surface area contributed by atoms with E-state index in [1.165, 1.54) is 6.07 Å². The van der Waals surface area contributed by atoms with Gasteiger partial charge >= 0.3 is 0 Å². The number of hydrogen-bond donors (Lipinski definition) is 0. The minimum atomic E-state index is -0.297. The van der Waals surface area contributed by atoms with Crippen LogP contribution in [0.3, 0.4) is 0 Å². The highest BCUT2D eigenvalue weighted by molar-refractivity contribution is 5.23. The van der Waals surface area contributed by atoms with E-state index in [1.54, 1.807) is 18.2 Å². The molecule has 0 saturated heterocycles. The van der Waals surface area contributed by atoms with Crippen molar-refractivity contribution in [3.63, 3.8) is 0 Å². The summed E-state index contributed by atoms with van der Waals surface area (Å²) in [4.78, 5) is 2.19. The number of ether oxygens (including phenoxy) is 1. The van der Waals surface area contributed by atoms with Gasteiger partial charge < -0.3 is 9.64 Å². The fourth-order valence-electron chi connectivity index (χ4n) is 1.59. The minimum Gasteiger partial charge on any atom is -0.489 e. The Morgan fingerprint density at radius 3 is 2.62 bits per heavy atom. The Bertz CT molecular complexity index is 315. The summed E-state index contributed by atoms with van der Waals surface area (Å²) >= 11 is 0. The monoisotopic (exact) mass is 225 g/mol. The summed E-state index contributed by atoms with van der Waals surface area (Å²) in [5, 5.41) is 0. The molecule has 0 bridgehead atoms. The number of para-hydroxylation sites is 1. The molecule has 0 unspecified atom stereocenters. The molecule has 16 heavy (non-hydrogen) atoms. The van der Waals surface area contributed by atoms with Gasteiger partial charge in [-0.3, -0.25) is 0 Å². The Morgan fingerprint density at radius 1 is 1.31 bits per heavy atom. The lowest BCUT2D eigenvalue weighted by Crippen LogP contribution is -2.28. The Balaban J connectivity index is 2.28. The molecule has 1 aromatic carbocycles. The van der Waals surface area contributed by atoms with E-state index in [0.29, 0.717) is 18.3 Å². The third-order valence-electron chi connectivity index (χ3n) is 2.24. The van der Waals surface area contributed by atoms with E-state index in [-0.39, 0.29) is 5.82 Å². The van der Waals surface area contributed by atoms with Crippen LogP contribution in [0.25, 0.3) is 0 Å². The molecule has 0 N–H and O–H groups in total. The highest BCUT2D eigenvalue weighted by Gasteiger charge is 2.04.